The number of nitrogens with one attached hydrogen (secondary N) is 1. The van der Waals surface area contributed by atoms with Crippen LogP contribution in [-0.2, 0) is 4.79 Å². The standard InChI is InChI=1S/C15H22N2O2/c1-10-6-5-7-11(2)13(10)17-9-15(3,4)16-14(19)12(17)8-18/h5-7,12,18H,8-9H2,1-4H3,(H,16,19). The number of benzene rings is 1. The van der Waals surface area contributed by atoms with E-state index in [0.717, 1.165) is 16.8 Å². The second-order valence-corrected chi connectivity index (χ2v) is 5.94. The Morgan fingerprint density at radius 1 is 1.37 bits per heavy atom. The van der Waals surface area contributed by atoms with Crippen LogP contribution in [0.25, 0.3) is 0 Å². The molecular formula is C15H22N2O2. The first-order valence-electron chi connectivity index (χ1n) is 6.61. The molecule has 0 bridgehead atoms. The minimum Gasteiger partial charge on any atom is -0.394 e. The van der Waals surface area contributed by atoms with Gasteiger partial charge in [-0.25, -0.2) is 0 Å². The largest absolute Gasteiger partial charge is 0.394 e. The minimum atomic E-state index is -0.507. The molecule has 0 aromatic heterocycles. The van der Waals surface area contributed by atoms with Crippen LogP contribution in [0.5, 0.6) is 0 Å². The van der Waals surface area contributed by atoms with Crippen molar-refractivity contribution in [1.82, 2.24) is 5.32 Å². The van der Waals surface area contributed by atoms with Gasteiger partial charge in [-0.05, 0) is 38.8 Å². The van der Waals surface area contributed by atoms with Crippen LogP contribution >= 0.6 is 0 Å². The summed E-state index contributed by atoms with van der Waals surface area (Å²) >= 11 is 0. The maximum absolute atomic E-state index is 12.1. The van der Waals surface area contributed by atoms with Crippen LogP contribution < -0.4 is 10.2 Å². The van der Waals surface area contributed by atoms with Gasteiger partial charge in [-0.1, -0.05) is 18.2 Å². The Hall–Kier alpha value is -1.55. The number of para-hydroxylation sites is 1. The first-order valence-corrected chi connectivity index (χ1v) is 6.61. The summed E-state index contributed by atoms with van der Waals surface area (Å²) in [4.78, 5) is 14.2. The van der Waals surface area contributed by atoms with Crippen molar-refractivity contribution in [2.75, 3.05) is 18.1 Å². The maximum atomic E-state index is 12.1. The number of piperazine rings is 1. The second kappa shape index (κ2) is 4.85. The van der Waals surface area contributed by atoms with E-state index in [9.17, 15) is 9.90 Å². The summed E-state index contributed by atoms with van der Waals surface area (Å²) in [7, 11) is 0. The van der Waals surface area contributed by atoms with E-state index in [1.165, 1.54) is 0 Å². The highest BCUT2D eigenvalue weighted by molar-refractivity contribution is 5.88. The molecule has 0 spiro atoms. The lowest BCUT2D eigenvalue weighted by Crippen LogP contribution is -2.66. The van der Waals surface area contributed by atoms with Crippen molar-refractivity contribution in [2.24, 2.45) is 0 Å². The van der Waals surface area contributed by atoms with Crippen LogP contribution in [0.1, 0.15) is 25.0 Å². The molecule has 1 atom stereocenters. The van der Waals surface area contributed by atoms with E-state index >= 15 is 0 Å². The van der Waals surface area contributed by atoms with Crippen molar-refractivity contribution in [3.05, 3.63) is 29.3 Å². The lowest BCUT2D eigenvalue weighted by Gasteiger charge is -2.45. The summed E-state index contributed by atoms with van der Waals surface area (Å²) < 4.78 is 0. The summed E-state index contributed by atoms with van der Waals surface area (Å²) in [5.41, 5.74) is 3.02. The fourth-order valence-corrected chi connectivity index (χ4v) is 2.81. The molecule has 4 nitrogen and oxygen atoms in total. The van der Waals surface area contributed by atoms with E-state index in [2.05, 4.69) is 5.32 Å². The molecule has 0 radical (unpaired) electrons. The lowest BCUT2D eigenvalue weighted by molar-refractivity contribution is -0.126. The molecule has 1 amide bonds. The Balaban J connectivity index is 2.47. The van der Waals surface area contributed by atoms with E-state index < -0.39 is 6.04 Å². The van der Waals surface area contributed by atoms with Crippen molar-refractivity contribution in [2.45, 2.75) is 39.3 Å². The van der Waals surface area contributed by atoms with Crippen molar-refractivity contribution in [3.8, 4) is 0 Å². The SMILES string of the molecule is Cc1cccc(C)c1N1CC(C)(C)NC(=O)C1CO. The zero-order chi connectivity index (χ0) is 14.2. The molecule has 19 heavy (non-hydrogen) atoms. The lowest BCUT2D eigenvalue weighted by atomic mass is 9.95. The van der Waals surface area contributed by atoms with E-state index in [4.69, 9.17) is 0 Å². The number of carbonyl (C=O) groups is 1. The fourth-order valence-electron chi connectivity index (χ4n) is 2.81. The first-order chi connectivity index (χ1) is 8.85. The topological polar surface area (TPSA) is 52.6 Å². The Bertz CT molecular complexity index is 477. The van der Waals surface area contributed by atoms with Crippen LogP contribution in [0.15, 0.2) is 18.2 Å². The van der Waals surface area contributed by atoms with Crippen LogP contribution in [-0.4, -0.2) is 35.7 Å². The number of aryl methyl sites for hydroxylation is 2. The normalized spacial score (nSPS) is 22.3. The number of hydrogen-bond acceptors (Lipinski definition) is 3. The third-order valence-electron chi connectivity index (χ3n) is 3.61. The van der Waals surface area contributed by atoms with Gasteiger partial charge < -0.3 is 15.3 Å². The molecule has 1 saturated heterocycles. The van der Waals surface area contributed by atoms with Gasteiger partial charge in [0, 0.05) is 12.2 Å². The molecule has 2 N–H and O–H groups in total. The maximum Gasteiger partial charge on any atom is 0.245 e. The number of nitrogens with zero attached hydrogens (tertiary/aromatic N) is 1. The second-order valence-electron chi connectivity index (χ2n) is 5.94. The Labute approximate surface area is 114 Å². The fraction of sp³-hybridized carbons (Fsp3) is 0.533. The number of aliphatic hydroxyl groups is 1. The minimum absolute atomic E-state index is 0.110. The highest BCUT2D eigenvalue weighted by Crippen LogP contribution is 2.30. The molecular weight excluding hydrogens is 240 g/mol. The van der Waals surface area contributed by atoms with Gasteiger partial charge in [0.2, 0.25) is 5.91 Å². The summed E-state index contributed by atoms with van der Waals surface area (Å²) in [6.45, 7) is 8.59. The van der Waals surface area contributed by atoms with Gasteiger partial charge in [-0.3, -0.25) is 4.79 Å². The van der Waals surface area contributed by atoms with E-state index in [0.29, 0.717) is 6.54 Å². The predicted octanol–water partition coefficient (Wildman–Crippen LogP) is 1.38. The van der Waals surface area contributed by atoms with Crippen LogP contribution in [0.3, 0.4) is 0 Å². The first kappa shape index (κ1) is 13.9. The molecule has 1 aromatic rings. The number of carbonyl (C=O) groups excluding carboxylic acids is 1. The Kier molecular flexibility index (Phi) is 3.54. The van der Waals surface area contributed by atoms with Crippen LogP contribution in [0, 0.1) is 13.8 Å². The quantitative estimate of drug-likeness (QED) is 0.846. The monoisotopic (exact) mass is 262 g/mol. The number of rotatable bonds is 2. The Morgan fingerprint density at radius 3 is 2.47 bits per heavy atom. The molecule has 104 valence electrons. The van der Waals surface area contributed by atoms with Crippen molar-refractivity contribution < 1.29 is 9.90 Å². The molecule has 1 heterocycles. The number of aliphatic hydroxyl groups excluding tert-OH is 1. The summed E-state index contributed by atoms with van der Waals surface area (Å²) in [6.07, 6.45) is 0. The number of anilines is 1. The molecule has 1 unspecified atom stereocenters. The molecule has 1 fully saturated rings. The number of hydrogen-bond donors (Lipinski definition) is 2. The molecule has 1 aliphatic heterocycles. The summed E-state index contributed by atoms with van der Waals surface area (Å²) in [6, 6.07) is 5.58. The average molecular weight is 262 g/mol. The smallest absolute Gasteiger partial charge is 0.245 e. The average Bonchev–Trinajstić information content (AvgIpc) is 2.26. The van der Waals surface area contributed by atoms with E-state index in [1.807, 2.05) is 50.8 Å². The molecule has 0 aliphatic carbocycles. The zero-order valence-corrected chi connectivity index (χ0v) is 12.0. The van der Waals surface area contributed by atoms with Gasteiger partial charge in [0.25, 0.3) is 0 Å². The molecule has 1 aromatic carbocycles. The van der Waals surface area contributed by atoms with Gasteiger partial charge >= 0.3 is 0 Å². The van der Waals surface area contributed by atoms with Crippen molar-refractivity contribution in [3.63, 3.8) is 0 Å². The highest BCUT2D eigenvalue weighted by Gasteiger charge is 2.39. The summed E-state index contributed by atoms with van der Waals surface area (Å²) in [5.74, 6) is -0.110. The highest BCUT2D eigenvalue weighted by atomic mass is 16.3. The van der Waals surface area contributed by atoms with Gasteiger partial charge in [0.05, 0.1) is 12.1 Å². The summed E-state index contributed by atoms with van der Waals surface area (Å²) in [5, 5.41) is 12.5. The number of amides is 1. The van der Waals surface area contributed by atoms with Crippen molar-refractivity contribution in [1.29, 1.82) is 0 Å². The van der Waals surface area contributed by atoms with Gasteiger partial charge in [-0.2, -0.15) is 0 Å². The molecule has 2 rings (SSSR count). The van der Waals surface area contributed by atoms with Crippen LogP contribution in [0.4, 0.5) is 5.69 Å². The van der Waals surface area contributed by atoms with E-state index in [1.54, 1.807) is 0 Å². The predicted molar refractivity (Wildman–Crippen MR) is 76.4 cm³/mol. The van der Waals surface area contributed by atoms with Gasteiger partial charge in [0.15, 0.2) is 0 Å². The van der Waals surface area contributed by atoms with Crippen LogP contribution in [0.2, 0.25) is 0 Å². The van der Waals surface area contributed by atoms with Crippen molar-refractivity contribution >= 4 is 11.6 Å². The third kappa shape index (κ3) is 2.59. The molecule has 1 aliphatic rings. The Morgan fingerprint density at radius 2 is 1.95 bits per heavy atom. The molecule has 4 heteroatoms. The zero-order valence-electron chi connectivity index (χ0n) is 12.0. The van der Waals surface area contributed by atoms with Gasteiger partial charge in [-0.15, -0.1) is 0 Å². The third-order valence-corrected chi connectivity index (χ3v) is 3.61. The molecule has 0 saturated carbocycles. The van der Waals surface area contributed by atoms with Gasteiger partial charge in [0.1, 0.15) is 6.04 Å². The van der Waals surface area contributed by atoms with E-state index in [-0.39, 0.29) is 18.1 Å².